The van der Waals surface area contributed by atoms with Crippen LogP contribution < -0.4 is 5.32 Å². The van der Waals surface area contributed by atoms with Gasteiger partial charge in [-0.25, -0.2) is 0 Å². The number of amides is 1. The quantitative estimate of drug-likeness (QED) is 0.619. The van der Waals surface area contributed by atoms with Crippen molar-refractivity contribution >= 4 is 41.1 Å². The van der Waals surface area contributed by atoms with Gasteiger partial charge in [0.2, 0.25) is 5.91 Å². The topological polar surface area (TPSA) is 55.4 Å². The van der Waals surface area contributed by atoms with Gasteiger partial charge in [-0.2, -0.15) is 0 Å². The minimum absolute atomic E-state index is 0.110. The lowest BCUT2D eigenvalue weighted by atomic mass is 10.3. The van der Waals surface area contributed by atoms with E-state index in [4.69, 9.17) is 4.74 Å². The van der Waals surface area contributed by atoms with Crippen LogP contribution in [0.15, 0.2) is 29.2 Å². The fourth-order valence-corrected chi connectivity index (χ4v) is 2.69. The molecule has 1 N–H and O–H groups in total. The molecule has 0 radical (unpaired) electrons. The summed E-state index contributed by atoms with van der Waals surface area (Å²) in [7, 11) is 0. The van der Waals surface area contributed by atoms with E-state index in [1.54, 1.807) is 25.6 Å². The van der Waals surface area contributed by atoms with E-state index in [0.717, 1.165) is 10.6 Å². The number of carbonyl (C=O) groups excluding carboxylic acids is 2. The van der Waals surface area contributed by atoms with Crippen LogP contribution in [0.2, 0.25) is 0 Å². The standard InChI is InChI=1S/C14H19NO3S2/c1-4-18-13(16)9-20-10(2)14(17)15-11-7-5-6-8-12(11)19-3/h5-8,10H,4,9H2,1-3H3,(H,15,17). The summed E-state index contributed by atoms with van der Waals surface area (Å²) >= 11 is 2.85. The average molecular weight is 313 g/mol. The average Bonchev–Trinajstić information content (AvgIpc) is 2.45. The molecule has 1 unspecified atom stereocenters. The molecule has 20 heavy (non-hydrogen) atoms. The summed E-state index contributed by atoms with van der Waals surface area (Å²) in [6, 6.07) is 7.63. The lowest BCUT2D eigenvalue weighted by Gasteiger charge is -2.13. The maximum atomic E-state index is 12.1. The predicted octanol–water partition coefficient (Wildman–Crippen LogP) is 3.03. The van der Waals surface area contributed by atoms with Crippen molar-refractivity contribution in [3.63, 3.8) is 0 Å². The second-order valence-corrected chi connectivity index (χ2v) is 6.12. The number of hydrogen-bond acceptors (Lipinski definition) is 5. The van der Waals surface area contributed by atoms with Crippen molar-refractivity contribution in [2.45, 2.75) is 24.0 Å². The van der Waals surface area contributed by atoms with Gasteiger partial charge in [-0.05, 0) is 32.2 Å². The molecular weight excluding hydrogens is 294 g/mol. The Labute approximate surface area is 128 Å². The van der Waals surface area contributed by atoms with Crippen LogP contribution in [-0.2, 0) is 14.3 Å². The number of thioether (sulfide) groups is 2. The number of anilines is 1. The number of ether oxygens (including phenoxy) is 1. The van der Waals surface area contributed by atoms with Crippen LogP contribution in [0.3, 0.4) is 0 Å². The first-order valence-electron chi connectivity index (χ1n) is 6.29. The second-order valence-electron chi connectivity index (χ2n) is 3.95. The highest BCUT2D eigenvalue weighted by Gasteiger charge is 2.16. The molecule has 1 aromatic rings. The Bertz CT molecular complexity index is 465. The second kappa shape index (κ2) is 8.92. The number of nitrogens with one attached hydrogen (secondary N) is 1. The van der Waals surface area contributed by atoms with Gasteiger partial charge >= 0.3 is 5.97 Å². The zero-order valence-electron chi connectivity index (χ0n) is 11.8. The van der Waals surface area contributed by atoms with Gasteiger partial charge in [0.1, 0.15) is 0 Å². The van der Waals surface area contributed by atoms with Gasteiger partial charge in [0.05, 0.1) is 23.3 Å². The van der Waals surface area contributed by atoms with Crippen molar-refractivity contribution in [3.8, 4) is 0 Å². The molecule has 0 saturated carbocycles. The summed E-state index contributed by atoms with van der Waals surface area (Å²) in [5.41, 5.74) is 0.800. The molecule has 0 aliphatic carbocycles. The van der Waals surface area contributed by atoms with Crippen LogP contribution >= 0.6 is 23.5 Å². The Balaban J connectivity index is 2.51. The zero-order valence-corrected chi connectivity index (χ0v) is 13.5. The van der Waals surface area contributed by atoms with Gasteiger partial charge in [0.25, 0.3) is 0 Å². The van der Waals surface area contributed by atoms with E-state index >= 15 is 0 Å². The maximum Gasteiger partial charge on any atom is 0.315 e. The molecule has 6 heteroatoms. The minimum Gasteiger partial charge on any atom is -0.465 e. The summed E-state index contributed by atoms with van der Waals surface area (Å²) < 4.78 is 4.83. The number of hydrogen-bond donors (Lipinski definition) is 1. The lowest BCUT2D eigenvalue weighted by Crippen LogP contribution is -2.24. The highest BCUT2D eigenvalue weighted by molar-refractivity contribution is 8.01. The molecule has 1 atom stereocenters. The molecule has 110 valence electrons. The summed E-state index contributed by atoms with van der Waals surface area (Å²) in [5, 5.41) is 2.57. The van der Waals surface area contributed by atoms with Crippen molar-refractivity contribution in [3.05, 3.63) is 24.3 Å². The third-order valence-electron chi connectivity index (χ3n) is 2.49. The molecule has 0 saturated heterocycles. The molecule has 0 fully saturated rings. The Morgan fingerprint density at radius 2 is 2.05 bits per heavy atom. The monoisotopic (exact) mass is 313 g/mol. The molecular formula is C14H19NO3S2. The highest BCUT2D eigenvalue weighted by Crippen LogP contribution is 2.25. The summed E-state index contributed by atoms with van der Waals surface area (Å²) in [4.78, 5) is 24.3. The van der Waals surface area contributed by atoms with E-state index in [0.29, 0.717) is 6.61 Å². The molecule has 0 aliphatic rings. The Morgan fingerprint density at radius 3 is 2.70 bits per heavy atom. The van der Waals surface area contributed by atoms with E-state index in [9.17, 15) is 9.59 Å². The van der Waals surface area contributed by atoms with Gasteiger partial charge in [-0.3, -0.25) is 9.59 Å². The summed E-state index contributed by atoms with van der Waals surface area (Å²) in [6.07, 6.45) is 1.96. The van der Waals surface area contributed by atoms with E-state index < -0.39 is 0 Å². The molecule has 0 heterocycles. The molecule has 0 bridgehead atoms. The van der Waals surface area contributed by atoms with Crippen LogP contribution in [0.5, 0.6) is 0 Å². The van der Waals surface area contributed by atoms with Crippen molar-refractivity contribution in [2.75, 3.05) is 23.9 Å². The van der Waals surface area contributed by atoms with Crippen LogP contribution in [0, 0.1) is 0 Å². The fourth-order valence-electron chi connectivity index (χ4n) is 1.45. The van der Waals surface area contributed by atoms with Crippen molar-refractivity contribution in [1.29, 1.82) is 0 Å². The zero-order chi connectivity index (χ0) is 15.0. The van der Waals surface area contributed by atoms with E-state index in [-0.39, 0.29) is 22.9 Å². The third-order valence-corrected chi connectivity index (χ3v) is 4.40. The summed E-state index contributed by atoms with van der Waals surface area (Å²) in [5.74, 6) is -0.213. The van der Waals surface area contributed by atoms with E-state index in [1.165, 1.54) is 11.8 Å². The fraction of sp³-hybridized carbons (Fsp3) is 0.429. The van der Waals surface area contributed by atoms with Crippen molar-refractivity contribution in [1.82, 2.24) is 0 Å². The summed E-state index contributed by atoms with van der Waals surface area (Å²) in [6.45, 7) is 3.90. The SMILES string of the molecule is CCOC(=O)CSC(C)C(=O)Nc1ccccc1SC. The largest absolute Gasteiger partial charge is 0.465 e. The number of benzene rings is 1. The van der Waals surface area contributed by atoms with Crippen LogP contribution in [0.4, 0.5) is 5.69 Å². The van der Waals surface area contributed by atoms with Gasteiger partial charge in [-0.1, -0.05) is 12.1 Å². The van der Waals surface area contributed by atoms with E-state index in [2.05, 4.69) is 5.32 Å². The molecule has 0 aromatic heterocycles. The Morgan fingerprint density at radius 1 is 1.35 bits per heavy atom. The van der Waals surface area contributed by atoms with Crippen molar-refractivity contribution < 1.29 is 14.3 Å². The highest BCUT2D eigenvalue weighted by atomic mass is 32.2. The third kappa shape index (κ3) is 5.46. The molecule has 4 nitrogen and oxygen atoms in total. The Kier molecular flexibility index (Phi) is 7.54. The number of rotatable bonds is 7. The Hall–Kier alpha value is -1.14. The molecule has 1 amide bonds. The first kappa shape index (κ1) is 16.9. The minimum atomic E-state index is -0.311. The van der Waals surface area contributed by atoms with Crippen LogP contribution in [0.25, 0.3) is 0 Å². The predicted molar refractivity (Wildman–Crippen MR) is 85.4 cm³/mol. The number of esters is 1. The van der Waals surface area contributed by atoms with Gasteiger partial charge in [-0.15, -0.1) is 23.5 Å². The first-order chi connectivity index (χ1) is 9.58. The van der Waals surface area contributed by atoms with Crippen LogP contribution in [-0.4, -0.2) is 35.7 Å². The van der Waals surface area contributed by atoms with Crippen LogP contribution in [0.1, 0.15) is 13.8 Å². The maximum absolute atomic E-state index is 12.1. The first-order valence-corrected chi connectivity index (χ1v) is 8.57. The molecule has 0 aliphatic heterocycles. The smallest absolute Gasteiger partial charge is 0.315 e. The number of para-hydroxylation sites is 1. The molecule has 1 aromatic carbocycles. The number of carbonyl (C=O) groups is 2. The van der Waals surface area contributed by atoms with Gasteiger partial charge < -0.3 is 10.1 Å². The lowest BCUT2D eigenvalue weighted by molar-refractivity contribution is -0.139. The van der Waals surface area contributed by atoms with E-state index in [1.807, 2.05) is 30.5 Å². The molecule has 0 spiro atoms. The van der Waals surface area contributed by atoms with Gasteiger partial charge in [0, 0.05) is 4.90 Å². The molecule has 1 rings (SSSR count). The van der Waals surface area contributed by atoms with Gasteiger partial charge in [0.15, 0.2) is 0 Å². The van der Waals surface area contributed by atoms with Crippen molar-refractivity contribution in [2.24, 2.45) is 0 Å². The normalized spacial score (nSPS) is 11.8.